The molecule has 0 saturated heterocycles. The van der Waals surface area contributed by atoms with Gasteiger partial charge in [-0.15, -0.1) is 11.3 Å². The van der Waals surface area contributed by atoms with Crippen LogP contribution in [0.25, 0.3) is 0 Å². The Morgan fingerprint density at radius 1 is 1.47 bits per heavy atom. The van der Waals surface area contributed by atoms with Crippen molar-refractivity contribution in [2.45, 2.75) is 20.0 Å². The zero-order valence-corrected chi connectivity index (χ0v) is 12.7. The minimum absolute atomic E-state index is 0.113. The molecular weight excluding hydrogens is 342 g/mol. The molecule has 0 fully saturated rings. The van der Waals surface area contributed by atoms with E-state index in [0.29, 0.717) is 12.5 Å². The zero-order valence-electron chi connectivity index (χ0n) is 8.71. The zero-order chi connectivity index (χ0) is 11.6. The molecule has 0 aliphatic carbocycles. The molecule has 5 heteroatoms. The van der Waals surface area contributed by atoms with Crippen LogP contribution in [0.4, 0.5) is 0 Å². The van der Waals surface area contributed by atoms with Crippen molar-refractivity contribution in [2.75, 3.05) is 6.54 Å². The van der Waals surface area contributed by atoms with Crippen molar-refractivity contribution < 1.29 is 5.11 Å². The molecule has 1 aromatic rings. The largest absolute Gasteiger partial charge is 0.387 e. The second-order valence-electron chi connectivity index (χ2n) is 3.86. The first-order chi connectivity index (χ1) is 6.97. The molecule has 86 valence electrons. The second kappa shape index (κ2) is 5.77. The molecule has 3 N–H and O–H groups in total. The van der Waals surface area contributed by atoms with E-state index in [0.717, 1.165) is 13.1 Å². The third-order valence-electron chi connectivity index (χ3n) is 2.49. The third-order valence-corrected chi connectivity index (χ3v) is 5.82. The number of aliphatic hydroxyl groups is 1. The summed E-state index contributed by atoms with van der Waals surface area (Å²) < 4.78 is 2.00. The SMILES string of the molecule is CC(C)C(CN)C(O)c1cc(Br)c(Br)s1. The highest BCUT2D eigenvalue weighted by Gasteiger charge is 2.24. The van der Waals surface area contributed by atoms with Gasteiger partial charge in [-0.05, 0) is 50.4 Å². The van der Waals surface area contributed by atoms with E-state index in [1.54, 1.807) is 11.3 Å². The Labute approximate surface area is 111 Å². The predicted octanol–water partition coefficient (Wildman–Crippen LogP) is 3.54. The van der Waals surface area contributed by atoms with Crippen LogP contribution in [0.3, 0.4) is 0 Å². The van der Waals surface area contributed by atoms with E-state index >= 15 is 0 Å². The minimum atomic E-state index is -0.470. The van der Waals surface area contributed by atoms with Crippen LogP contribution >= 0.6 is 43.2 Å². The average Bonchev–Trinajstić information content (AvgIpc) is 2.47. The highest BCUT2D eigenvalue weighted by atomic mass is 79.9. The summed E-state index contributed by atoms with van der Waals surface area (Å²) in [6.07, 6.45) is -0.470. The fourth-order valence-corrected chi connectivity index (χ4v) is 3.64. The Morgan fingerprint density at radius 2 is 2.07 bits per heavy atom. The summed E-state index contributed by atoms with van der Waals surface area (Å²) in [7, 11) is 0. The Kier molecular flexibility index (Phi) is 5.25. The normalized spacial score (nSPS) is 15.7. The lowest BCUT2D eigenvalue weighted by Crippen LogP contribution is -2.26. The van der Waals surface area contributed by atoms with E-state index in [9.17, 15) is 5.11 Å². The summed E-state index contributed by atoms with van der Waals surface area (Å²) in [5.41, 5.74) is 5.68. The molecule has 0 aromatic carbocycles. The van der Waals surface area contributed by atoms with Gasteiger partial charge in [0, 0.05) is 15.3 Å². The molecule has 0 aliphatic heterocycles. The summed E-state index contributed by atoms with van der Waals surface area (Å²) >= 11 is 8.38. The first-order valence-electron chi connectivity index (χ1n) is 4.80. The molecule has 1 rings (SSSR count). The van der Waals surface area contributed by atoms with Crippen LogP contribution in [0, 0.1) is 11.8 Å². The maximum absolute atomic E-state index is 10.2. The first-order valence-corrected chi connectivity index (χ1v) is 7.20. The molecule has 2 atom stereocenters. The van der Waals surface area contributed by atoms with Crippen LogP contribution in [0.15, 0.2) is 14.3 Å². The molecule has 0 aliphatic rings. The highest BCUT2D eigenvalue weighted by Crippen LogP contribution is 2.38. The third kappa shape index (κ3) is 3.27. The van der Waals surface area contributed by atoms with E-state index in [1.165, 1.54) is 0 Å². The van der Waals surface area contributed by atoms with Crippen LogP contribution in [-0.2, 0) is 0 Å². The smallest absolute Gasteiger partial charge is 0.0925 e. The first kappa shape index (κ1) is 13.6. The number of aliphatic hydroxyl groups excluding tert-OH is 1. The van der Waals surface area contributed by atoms with Gasteiger partial charge >= 0.3 is 0 Å². The van der Waals surface area contributed by atoms with Gasteiger partial charge in [-0.25, -0.2) is 0 Å². The van der Waals surface area contributed by atoms with Gasteiger partial charge in [-0.2, -0.15) is 0 Å². The van der Waals surface area contributed by atoms with Gasteiger partial charge < -0.3 is 10.8 Å². The van der Waals surface area contributed by atoms with Crippen LogP contribution in [0.5, 0.6) is 0 Å². The number of thiophene rings is 1. The number of halogens is 2. The van der Waals surface area contributed by atoms with Gasteiger partial charge in [0.25, 0.3) is 0 Å². The van der Waals surface area contributed by atoms with Crippen molar-refractivity contribution in [3.63, 3.8) is 0 Å². The molecule has 15 heavy (non-hydrogen) atoms. The summed E-state index contributed by atoms with van der Waals surface area (Å²) in [4.78, 5) is 0.956. The van der Waals surface area contributed by atoms with Crippen LogP contribution < -0.4 is 5.73 Å². The van der Waals surface area contributed by atoms with Crippen molar-refractivity contribution in [3.05, 3.63) is 19.2 Å². The Balaban J connectivity index is 2.87. The molecule has 2 unspecified atom stereocenters. The lowest BCUT2D eigenvalue weighted by Gasteiger charge is -2.23. The van der Waals surface area contributed by atoms with Gasteiger partial charge in [0.2, 0.25) is 0 Å². The molecule has 2 nitrogen and oxygen atoms in total. The fourth-order valence-electron chi connectivity index (χ4n) is 1.49. The van der Waals surface area contributed by atoms with Crippen molar-refractivity contribution in [2.24, 2.45) is 17.6 Å². The van der Waals surface area contributed by atoms with Gasteiger partial charge in [0.1, 0.15) is 0 Å². The topological polar surface area (TPSA) is 46.2 Å². The van der Waals surface area contributed by atoms with Crippen LogP contribution in [0.2, 0.25) is 0 Å². The summed E-state index contributed by atoms with van der Waals surface area (Å²) in [5, 5.41) is 10.2. The maximum atomic E-state index is 10.2. The van der Waals surface area contributed by atoms with Crippen LogP contribution in [0.1, 0.15) is 24.8 Å². The highest BCUT2D eigenvalue weighted by molar-refractivity contribution is 9.13. The molecule has 0 bridgehead atoms. The number of rotatable bonds is 4. The fraction of sp³-hybridized carbons (Fsp3) is 0.600. The van der Waals surface area contributed by atoms with Gasteiger partial charge in [0.05, 0.1) is 9.89 Å². The van der Waals surface area contributed by atoms with E-state index in [4.69, 9.17) is 5.73 Å². The molecule has 0 spiro atoms. The van der Waals surface area contributed by atoms with Crippen molar-refractivity contribution in [3.8, 4) is 0 Å². The Hall–Kier alpha value is 0.580. The minimum Gasteiger partial charge on any atom is -0.387 e. The van der Waals surface area contributed by atoms with Gasteiger partial charge in [0.15, 0.2) is 0 Å². The summed E-state index contributed by atoms with van der Waals surface area (Å²) in [6, 6.07) is 1.95. The Bertz CT molecular complexity index is 308. The lowest BCUT2D eigenvalue weighted by atomic mass is 9.89. The average molecular weight is 357 g/mol. The molecule has 0 radical (unpaired) electrons. The van der Waals surface area contributed by atoms with E-state index < -0.39 is 6.10 Å². The molecular formula is C10H15Br2NOS. The van der Waals surface area contributed by atoms with E-state index in [-0.39, 0.29) is 5.92 Å². The van der Waals surface area contributed by atoms with Crippen molar-refractivity contribution in [1.82, 2.24) is 0 Å². The summed E-state index contributed by atoms with van der Waals surface area (Å²) in [6.45, 7) is 4.67. The van der Waals surface area contributed by atoms with Gasteiger partial charge in [-0.1, -0.05) is 13.8 Å². The number of hydrogen-bond acceptors (Lipinski definition) is 3. The van der Waals surface area contributed by atoms with Crippen LogP contribution in [-0.4, -0.2) is 11.7 Å². The lowest BCUT2D eigenvalue weighted by molar-refractivity contribution is 0.0892. The second-order valence-corrected chi connectivity index (χ2v) is 7.11. The quantitative estimate of drug-likeness (QED) is 0.866. The maximum Gasteiger partial charge on any atom is 0.0925 e. The van der Waals surface area contributed by atoms with Gasteiger partial charge in [-0.3, -0.25) is 0 Å². The monoisotopic (exact) mass is 355 g/mol. The number of hydrogen-bond donors (Lipinski definition) is 2. The van der Waals surface area contributed by atoms with E-state index in [1.807, 2.05) is 6.07 Å². The van der Waals surface area contributed by atoms with Crippen molar-refractivity contribution >= 4 is 43.2 Å². The summed E-state index contributed by atoms with van der Waals surface area (Å²) in [5.74, 6) is 0.493. The molecule has 0 saturated carbocycles. The molecule has 1 aromatic heterocycles. The number of nitrogens with two attached hydrogens (primary N) is 1. The van der Waals surface area contributed by atoms with Crippen molar-refractivity contribution in [1.29, 1.82) is 0 Å². The van der Waals surface area contributed by atoms with E-state index in [2.05, 4.69) is 45.7 Å². The predicted molar refractivity (Wildman–Crippen MR) is 72.1 cm³/mol. The molecule has 1 heterocycles. The Morgan fingerprint density at radius 3 is 2.40 bits per heavy atom. The molecule has 0 amide bonds. The standard InChI is InChI=1S/C10H15Br2NOS/c1-5(2)6(4-13)9(14)8-3-7(11)10(12)15-8/h3,5-6,9,14H,4,13H2,1-2H3.